The topological polar surface area (TPSA) is 64.4 Å². The van der Waals surface area contributed by atoms with Crippen molar-refractivity contribution in [2.75, 3.05) is 13.7 Å². The minimum absolute atomic E-state index is 0.121. The first kappa shape index (κ1) is 12.4. The maximum absolute atomic E-state index is 11.4. The Balaban J connectivity index is 4.03. The standard InChI is InChI=1S/C9H20N2O2/c1-5-7(10)8(12)11-9(2,3)6-13-4/h7H,5-6,10H2,1-4H3,(H,11,12). The first-order valence-electron chi connectivity index (χ1n) is 4.49. The molecule has 1 unspecified atom stereocenters. The Bertz CT molecular complexity index is 169. The van der Waals surface area contributed by atoms with Crippen molar-refractivity contribution in [3.05, 3.63) is 0 Å². The van der Waals surface area contributed by atoms with Crippen molar-refractivity contribution >= 4 is 5.91 Å². The normalized spacial score (nSPS) is 13.9. The minimum Gasteiger partial charge on any atom is -0.382 e. The molecule has 0 aromatic carbocycles. The highest BCUT2D eigenvalue weighted by Gasteiger charge is 2.22. The molecule has 0 saturated heterocycles. The number of nitrogens with one attached hydrogen (secondary N) is 1. The summed E-state index contributed by atoms with van der Waals surface area (Å²) in [5.74, 6) is -0.121. The van der Waals surface area contributed by atoms with Crippen molar-refractivity contribution in [2.24, 2.45) is 5.73 Å². The van der Waals surface area contributed by atoms with Gasteiger partial charge in [0.15, 0.2) is 0 Å². The van der Waals surface area contributed by atoms with Crippen LogP contribution in [0.3, 0.4) is 0 Å². The molecule has 0 heterocycles. The van der Waals surface area contributed by atoms with E-state index in [0.29, 0.717) is 13.0 Å². The van der Waals surface area contributed by atoms with Gasteiger partial charge in [-0.1, -0.05) is 6.92 Å². The lowest BCUT2D eigenvalue weighted by molar-refractivity contribution is -0.124. The summed E-state index contributed by atoms with van der Waals surface area (Å²) in [4.78, 5) is 11.4. The molecule has 0 aromatic rings. The van der Waals surface area contributed by atoms with Gasteiger partial charge >= 0.3 is 0 Å². The number of rotatable bonds is 5. The van der Waals surface area contributed by atoms with Crippen LogP contribution in [0, 0.1) is 0 Å². The van der Waals surface area contributed by atoms with Crippen molar-refractivity contribution in [1.29, 1.82) is 0 Å². The summed E-state index contributed by atoms with van der Waals surface area (Å²) >= 11 is 0. The van der Waals surface area contributed by atoms with E-state index in [1.807, 2.05) is 20.8 Å². The molecule has 0 fully saturated rings. The number of carbonyl (C=O) groups excluding carboxylic acids is 1. The van der Waals surface area contributed by atoms with Gasteiger partial charge in [0.25, 0.3) is 0 Å². The summed E-state index contributed by atoms with van der Waals surface area (Å²) in [6, 6.07) is -0.420. The number of hydrogen-bond acceptors (Lipinski definition) is 3. The van der Waals surface area contributed by atoms with Crippen molar-refractivity contribution in [3.8, 4) is 0 Å². The minimum atomic E-state index is -0.420. The second kappa shape index (κ2) is 5.19. The lowest BCUT2D eigenvalue weighted by Crippen LogP contribution is -2.52. The van der Waals surface area contributed by atoms with Crippen molar-refractivity contribution in [3.63, 3.8) is 0 Å². The van der Waals surface area contributed by atoms with Crippen molar-refractivity contribution in [2.45, 2.75) is 38.8 Å². The highest BCUT2D eigenvalue weighted by molar-refractivity contribution is 5.82. The van der Waals surface area contributed by atoms with E-state index in [1.54, 1.807) is 7.11 Å². The maximum atomic E-state index is 11.4. The van der Waals surface area contributed by atoms with Crippen LogP contribution in [0.1, 0.15) is 27.2 Å². The van der Waals surface area contributed by atoms with Gasteiger partial charge in [0.2, 0.25) is 5.91 Å². The summed E-state index contributed by atoms with van der Waals surface area (Å²) in [5, 5.41) is 2.82. The van der Waals surface area contributed by atoms with Crippen LogP contribution in [0.4, 0.5) is 0 Å². The zero-order valence-corrected chi connectivity index (χ0v) is 8.89. The zero-order valence-electron chi connectivity index (χ0n) is 8.89. The van der Waals surface area contributed by atoms with Crippen LogP contribution in [-0.4, -0.2) is 31.2 Å². The number of hydrogen-bond donors (Lipinski definition) is 2. The molecular weight excluding hydrogens is 168 g/mol. The fourth-order valence-electron chi connectivity index (χ4n) is 1.01. The molecule has 3 N–H and O–H groups in total. The number of methoxy groups -OCH3 is 1. The molecule has 78 valence electrons. The molecule has 0 aliphatic heterocycles. The van der Waals surface area contributed by atoms with E-state index in [1.165, 1.54) is 0 Å². The van der Waals surface area contributed by atoms with Gasteiger partial charge in [0, 0.05) is 7.11 Å². The SMILES string of the molecule is CCC(N)C(=O)NC(C)(C)COC. The predicted molar refractivity (Wildman–Crippen MR) is 52.4 cm³/mol. The fraction of sp³-hybridized carbons (Fsp3) is 0.889. The van der Waals surface area contributed by atoms with E-state index >= 15 is 0 Å². The molecule has 13 heavy (non-hydrogen) atoms. The van der Waals surface area contributed by atoms with Crippen LogP contribution in [0.15, 0.2) is 0 Å². The summed E-state index contributed by atoms with van der Waals surface area (Å²) in [5.41, 5.74) is 5.22. The second-order valence-corrected chi connectivity index (χ2v) is 3.82. The monoisotopic (exact) mass is 188 g/mol. The first-order valence-corrected chi connectivity index (χ1v) is 4.49. The Kier molecular flexibility index (Phi) is 4.95. The van der Waals surface area contributed by atoms with Crippen LogP contribution < -0.4 is 11.1 Å². The molecule has 1 amide bonds. The van der Waals surface area contributed by atoms with E-state index in [0.717, 1.165) is 0 Å². The summed E-state index contributed by atoms with van der Waals surface area (Å²) in [6.45, 7) is 6.16. The van der Waals surface area contributed by atoms with Gasteiger partial charge in [-0.05, 0) is 20.3 Å². The van der Waals surface area contributed by atoms with Crippen molar-refractivity contribution < 1.29 is 9.53 Å². The van der Waals surface area contributed by atoms with Gasteiger partial charge in [0.1, 0.15) is 0 Å². The zero-order chi connectivity index (χ0) is 10.5. The van der Waals surface area contributed by atoms with E-state index in [-0.39, 0.29) is 11.4 Å². The van der Waals surface area contributed by atoms with Gasteiger partial charge in [-0.25, -0.2) is 0 Å². The highest BCUT2D eigenvalue weighted by atomic mass is 16.5. The Labute approximate surface area is 79.8 Å². The summed E-state index contributed by atoms with van der Waals surface area (Å²) in [7, 11) is 1.60. The Hall–Kier alpha value is -0.610. The van der Waals surface area contributed by atoms with Gasteiger partial charge in [-0.15, -0.1) is 0 Å². The smallest absolute Gasteiger partial charge is 0.237 e. The third-order valence-electron chi connectivity index (χ3n) is 1.74. The van der Waals surface area contributed by atoms with Crippen LogP contribution in [-0.2, 0) is 9.53 Å². The molecule has 0 aliphatic carbocycles. The third kappa shape index (κ3) is 4.85. The fourth-order valence-corrected chi connectivity index (χ4v) is 1.01. The molecule has 0 spiro atoms. The average Bonchev–Trinajstić information content (AvgIpc) is 2.01. The Morgan fingerprint density at radius 3 is 2.54 bits per heavy atom. The third-order valence-corrected chi connectivity index (χ3v) is 1.74. The molecule has 1 atom stereocenters. The molecule has 0 rings (SSSR count). The number of carbonyl (C=O) groups is 1. The largest absolute Gasteiger partial charge is 0.382 e. The highest BCUT2D eigenvalue weighted by Crippen LogP contribution is 2.02. The summed E-state index contributed by atoms with van der Waals surface area (Å²) < 4.78 is 4.97. The van der Waals surface area contributed by atoms with Crippen LogP contribution in [0.5, 0.6) is 0 Å². The lowest BCUT2D eigenvalue weighted by Gasteiger charge is -2.26. The van der Waals surface area contributed by atoms with Gasteiger partial charge in [0.05, 0.1) is 18.2 Å². The molecule has 0 aromatic heterocycles. The second-order valence-electron chi connectivity index (χ2n) is 3.82. The molecule has 0 bridgehead atoms. The Morgan fingerprint density at radius 1 is 1.62 bits per heavy atom. The number of amides is 1. The Morgan fingerprint density at radius 2 is 2.15 bits per heavy atom. The molecule has 0 radical (unpaired) electrons. The number of nitrogens with two attached hydrogens (primary N) is 1. The lowest BCUT2D eigenvalue weighted by atomic mass is 10.1. The first-order chi connectivity index (χ1) is 5.93. The quantitative estimate of drug-likeness (QED) is 0.650. The molecule has 4 nitrogen and oxygen atoms in total. The van der Waals surface area contributed by atoms with Crippen LogP contribution in [0.25, 0.3) is 0 Å². The van der Waals surface area contributed by atoms with Gasteiger partial charge in [-0.2, -0.15) is 0 Å². The van der Waals surface area contributed by atoms with E-state index in [4.69, 9.17) is 10.5 Å². The molecule has 4 heteroatoms. The van der Waals surface area contributed by atoms with Crippen LogP contribution >= 0.6 is 0 Å². The molecular formula is C9H20N2O2. The molecule has 0 saturated carbocycles. The summed E-state index contributed by atoms with van der Waals surface area (Å²) in [6.07, 6.45) is 0.648. The van der Waals surface area contributed by atoms with Crippen molar-refractivity contribution in [1.82, 2.24) is 5.32 Å². The van der Waals surface area contributed by atoms with Crippen LogP contribution in [0.2, 0.25) is 0 Å². The predicted octanol–water partition coefficient (Wildman–Crippen LogP) is 0.265. The van der Waals surface area contributed by atoms with Gasteiger partial charge in [-0.3, -0.25) is 4.79 Å². The maximum Gasteiger partial charge on any atom is 0.237 e. The van der Waals surface area contributed by atoms with E-state index in [9.17, 15) is 4.79 Å². The van der Waals surface area contributed by atoms with Gasteiger partial charge < -0.3 is 15.8 Å². The number of ether oxygens (including phenoxy) is 1. The van der Waals surface area contributed by atoms with E-state index in [2.05, 4.69) is 5.32 Å². The van der Waals surface area contributed by atoms with E-state index < -0.39 is 6.04 Å². The molecule has 0 aliphatic rings. The average molecular weight is 188 g/mol.